The van der Waals surface area contributed by atoms with Crippen LogP contribution in [0.1, 0.15) is 25.8 Å². The highest BCUT2D eigenvalue weighted by Gasteiger charge is 2.03. The van der Waals surface area contributed by atoms with Crippen LogP contribution < -0.4 is 0 Å². The lowest BCUT2D eigenvalue weighted by atomic mass is 10.2. The van der Waals surface area contributed by atoms with E-state index >= 15 is 0 Å². The van der Waals surface area contributed by atoms with Gasteiger partial charge in [-0.05, 0) is 13.3 Å². The van der Waals surface area contributed by atoms with E-state index in [0.717, 1.165) is 24.9 Å². The molecule has 0 fully saturated rings. The van der Waals surface area contributed by atoms with E-state index in [1.807, 2.05) is 10.9 Å². The van der Waals surface area contributed by atoms with E-state index in [2.05, 4.69) is 18.9 Å². The second-order valence-electron chi connectivity index (χ2n) is 2.55. The van der Waals surface area contributed by atoms with Gasteiger partial charge in [0.05, 0.1) is 0 Å². The van der Waals surface area contributed by atoms with Gasteiger partial charge in [-0.2, -0.15) is 5.10 Å². The van der Waals surface area contributed by atoms with Crippen LogP contribution in [0, 0.1) is 0 Å². The fraction of sp³-hybridized carbons (Fsp3) is 0.625. The van der Waals surface area contributed by atoms with Crippen LogP contribution in [-0.2, 0) is 13.0 Å². The van der Waals surface area contributed by atoms with E-state index in [1.54, 1.807) is 0 Å². The highest BCUT2D eigenvalue weighted by atomic mass is 35.5. The number of rotatable bonds is 3. The minimum Gasteiger partial charge on any atom is -0.271 e. The minimum atomic E-state index is 0.661. The van der Waals surface area contributed by atoms with Gasteiger partial charge in [0.2, 0.25) is 0 Å². The van der Waals surface area contributed by atoms with E-state index in [-0.39, 0.29) is 0 Å². The molecule has 0 aliphatic carbocycles. The molecule has 0 aromatic carbocycles. The maximum atomic E-state index is 5.87. The van der Waals surface area contributed by atoms with Gasteiger partial charge in [-0.1, -0.05) is 24.9 Å². The van der Waals surface area contributed by atoms with E-state index in [0.29, 0.717) is 5.15 Å². The van der Waals surface area contributed by atoms with Crippen LogP contribution in [0.15, 0.2) is 6.20 Å². The zero-order chi connectivity index (χ0) is 8.27. The van der Waals surface area contributed by atoms with Crippen LogP contribution in [-0.4, -0.2) is 9.78 Å². The number of aryl methyl sites for hydroxylation is 2. The van der Waals surface area contributed by atoms with E-state index < -0.39 is 0 Å². The molecule has 0 spiro atoms. The molecule has 0 N–H and O–H groups in total. The molecular weight excluding hydrogens is 160 g/mol. The third kappa shape index (κ3) is 1.96. The Balaban J connectivity index is 2.79. The number of hydrogen-bond acceptors (Lipinski definition) is 1. The summed E-state index contributed by atoms with van der Waals surface area (Å²) in [6.45, 7) is 5.09. The van der Waals surface area contributed by atoms with Gasteiger partial charge in [-0.25, -0.2) is 0 Å². The fourth-order valence-corrected chi connectivity index (χ4v) is 1.28. The SMILES string of the molecule is CCCc1cn(CC)nc1Cl. The molecule has 3 heteroatoms. The maximum Gasteiger partial charge on any atom is 0.154 e. The summed E-state index contributed by atoms with van der Waals surface area (Å²) in [5, 5.41) is 4.79. The molecule has 1 aromatic rings. The van der Waals surface area contributed by atoms with Crippen molar-refractivity contribution in [2.75, 3.05) is 0 Å². The van der Waals surface area contributed by atoms with Crippen molar-refractivity contribution < 1.29 is 0 Å². The summed E-state index contributed by atoms with van der Waals surface area (Å²) in [5.74, 6) is 0. The van der Waals surface area contributed by atoms with Crippen molar-refractivity contribution in [1.29, 1.82) is 0 Å². The third-order valence-corrected chi connectivity index (χ3v) is 1.95. The van der Waals surface area contributed by atoms with Gasteiger partial charge in [0.25, 0.3) is 0 Å². The zero-order valence-corrected chi connectivity index (χ0v) is 7.73. The minimum absolute atomic E-state index is 0.661. The molecule has 0 atom stereocenters. The molecule has 0 radical (unpaired) electrons. The van der Waals surface area contributed by atoms with Crippen LogP contribution in [0.5, 0.6) is 0 Å². The maximum absolute atomic E-state index is 5.87. The molecule has 0 saturated heterocycles. The number of halogens is 1. The molecule has 62 valence electrons. The smallest absolute Gasteiger partial charge is 0.154 e. The van der Waals surface area contributed by atoms with Crippen LogP contribution in [0.3, 0.4) is 0 Å². The van der Waals surface area contributed by atoms with Gasteiger partial charge in [0.15, 0.2) is 5.15 Å². The Morgan fingerprint density at radius 2 is 2.27 bits per heavy atom. The topological polar surface area (TPSA) is 17.8 Å². The molecule has 1 heterocycles. The Morgan fingerprint density at radius 3 is 2.73 bits per heavy atom. The molecule has 11 heavy (non-hydrogen) atoms. The van der Waals surface area contributed by atoms with Crippen molar-refractivity contribution in [2.45, 2.75) is 33.2 Å². The first-order valence-electron chi connectivity index (χ1n) is 3.99. The first kappa shape index (κ1) is 8.60. The lowest BCUT2D eigenvalue weighted by molar-refractivity contribution is 0.659. The van der Waals surface area contributed by atoms with Crippen molar-refractivity contribution >= 4 is 11.6 Å². The molecule has 0 saturated carbocycles. The lowest BCUT2D eigenvalue weighted by Gasteiger charge is -1.90. The standard InChI is InChI=1S/C8H13ClN2/c1-3-5-7-6-11(4-2)10-8(7)9/h6H,3-5H2,1-2H3. The van der Waals surface area contributed by atoms with E-state index in [9.17, 15) is 0 Å². The van der Waals surface area contributed by atoms with Gasteiger partial charge in [-0.15, -0.1) is 0 Å². The van der Waals surface area contributed by atoms with Crippen molar-refractivity contribution in [2.24, 2.45) is 0 Å². The predicted molar refractivity (Wildman–Crippen MR) is 46.9 cm³/mol. The average molecular weight is 173 g/mol. The summed E-state index contributed by atoms with van der Waals surface area (Å²) in [6, 6.07) is 0. The van der Waals surface area contributed by atoms with E-state index in [1.165, 1.54) is 0 Å². The Morgan fingerprint density at radius 1 is 1.55 bits per heavy atom. The van der Waals surface area contributed by atoms with Gasteiger partial charge in [-0.3, -0.25) is 4.68 Å². The molecule has 1 rings (SSSR count). The molecular formula is C8H13ClN2. The zero-order valence-electron chi connectivity index (χ0n) is 6.97. The first-order valence-corrected chi connectivity index (χ1v) is 4.37. The highest BCUT2D eigenvalue weighted by Crippen LogP contribution is 2.14. The molecule has 0 aliphatic rings. The van der Waals surface area contributed by atoms with Gasteiger partial charge in [0, 0.05) is 18.3 Å². The number of nitrogens with zero attached hydrogens (tertiary/aromatic N) is 2. The molecule has 0 amide bonds. The van der Waals surface area contributed by atoms with Gasteiger partial charge < -0.3 is 0 Å². The Bertz CT molecular complexity index is 230. The Kier molecular flexibility index (Phi) is 2.94. The fourth-order valence-electron chi connectivity index (χ4n) is 1.04. The summed E-state index contributed by atoms with van der Waals surface area (Å²) in [7, 11) is 0. The van der Waals surface area contributed by atoms with Crippen molar-refractivity contribution in [3.05, 3.63) is 16.9 Å². The summed E-state index contributed by atoms with van der Waals surface area (Å²) < 4.78 is 1.87. The summed E-state index contributed by atoms with van der Waals surface area (Å²) in [5.41, 5.74) is 1.16. The Hall–Kier alpha value is -0.500. The van der Waals surface area contributed by atoms with Crippen LogP contribution >= 0.6 is 11.6 Å². The predicted octanol–water partition coefficient (Wildman–Crippen LogP) is 2.51. The van der Waals surface area contributed by atoms with Gasteiger partial charge in [0.1, 0.15) is 0 Å². The van der Waals surface area contributed by atoms with Crippen LogP contribution in [0.4, 0.5) is 0 Å². The third-order valence-electron chi connectivity index (χ3n) is 1.63. The normalized spacial score (nSPS) is 10.5. The molecule has 0 aliphatic heterocycles. The number of hydrogen-bond donors (Lipinski definition) is 0. The molecule has 0 bridgehead atoms. The average Bonchev–Trinajstić information content (AvgIpc) is 2.33. The second-order valence-corrected chi connectivity index (χ2v) is 2.91. The summed E-state index contributed by atoms with van der Waals surface area (Å²) in [4.78, 5) is 0. The highest BCUT2D eigenvalue weighted by molar-refractivity contribution is 6.30. The lowest BCUT2D eigenvalue weighted by Crippen LogP contribution is -1.92. The molecule has 0 unspecified atom stereocenters. The Labute approximate surface area is 72.2 Å². The number of aromatic nitrogens is 2. The summed E-state index contributed by atoms with van der Waals surface area (Å²) in [6.07, 6.45) is 4.17. The monoisotopic (exact) mass is 172 g/mol. The van der Waals surface area contributed by atoms with Crippen molar-refractivity contribution in [1.82, 2.24) is 9.78 Å². The molecule has 1 aromatic heterocycles. The van der Waals surface area contributed by atoms with E-state index in [4.69, 9.17) is 11.6 Å². The summed E-state index contributed by atoms with van der Waals surface area (Å²) >= 11 is 5.87. The van der Waals surface area contributed by atoms with Crippen molar-refractivity contribution in [3.8, 4) is 0 Å². The second kappa shape index (κ2) is 3.77. The van der Waals surface area contributed by atoms with Gasteiger partial charge >= 0.3 is 0 Å². The first-order chi connectivity index (χ1) is 5.27. The largest absolute Gasteiger partial charge is 0.271 e. The van der Waals surface area contributed by atoms with Crippen LogP contribution in [0.2, 0.25) is 5.15 Å². The van der Waals surface area contributed by atoms with Crippen LogP contribution in [0.25, 0.3) is 0 Å². The van der Waals surface area contributed by atoms with Crippen molar-refractivity contribution in [3.63, 3.8) is 0 Å². The molecule has 2 nitrogen and oxygen atoms in total. The quantitative estimate of drug-likeness (QED) is 0.685.